The van der Waals surface area contributed by atoms with Gasteiger partial charge < -0.3 is 5.73 Å². The zero-order valence-corrected chi connectivity index (χ0v) is 12.7. The molecule has 1 saturated carbocycles. The molecule has 1 aromatic rings. The minimum Gasteiger partial charge on any atom is -0.326 e. The summed E-state index contributed by atoms with van der Waals surface area (Å²) in [4.78, 5) is 0. The predicted molar refractivity (Wildman–Crippen MR) is 77.5 cm³/mol. The van der Waals surface area contributed by atoms with E-state index in [1.54, 1.807) is 0 Å². The van der Waals surface area contributed by atoms with Gasteiger partial charge in [-0.05, 0) is 25.2 Å². The summed E-state index contributed by atoms with van der Waals surface area (Å²) in [6.45, 7) is 2.19. The Kier molecular flexibility index (Phi) is 5.17. The van der Waals surface area contributed by atoms with Crippen molar-refractivity contribution in [3.63, 3.8) is 0 Å². The molecule has 0 bridgehead atoms. The third-order valence-corrected chi connectivity index (χ3v) is 5.64. The highest BCUT2D eigenvalue weighted by molar-refractivity contribution is 7.89. The number of nitrogens with zero attached hydrogens (tertiary/aromatic N) is 1. The van der Waals surface area contributed by atoms with Crippen LogP contribution in [0.25, 0.3) is 0 Å². The fourth-order valence-electron chi connectivity index (χ4n) is 2.98. The lowest BCUT2D eigenvalue weighted by Gasteiger charge is -2.29. The zero-order valence-electron chi connectivity index (χ0n) is 11.9. The minimum atomic E-state index is -3.57. The fourth-order valence-corrected chi connectivity index (χ4v) is 4.51. The van der Waals surface area contributed by atoms with E-state index in [4.69, 9.17) is 5.73 Å². The molecule has 0 saturated heterocycles. The molecule has 1 aliphatic carbocycles. The molecule has 1 unspecified atom stereocenters. The Morgan fingerprint density at radius 3 is 2.75 bits per heavy atom. The van der Waals surface area contributed by atoms with Gasteiger partial charge >= 0.3 is 0 Å². The summed E-state index contributed by atoms with van der Waals surface area (Å²) in [5, 5.41) is 6.44. The van der Waals surface area contributed by atoms with Crippen molar-refractivity contribution in [2.75, 3.05) is 0 Å². The van der Waals surface area contributed by atoms with Gasteiger partial charge in [0.15, 0.2) is 5.03 Å². The molecular weight excluding hydrogens is 276 g/mol. The van der Waals surface area contributed by atoms with E-state index in [0.717, 1.165) is 19.3 Å². The number of hydrogen-bond donors (Lipinski definition) is 3. The molecular formula is C13H24N4O2S. The van der Waals surface area contributed by atoms with E-state index in [1.165, 1.54) is 25.5 Å². The van der Waals surface area contributed by atoms with E-state index >= 15 is 0 Å². The minimum absolute atomic E-state index is 0.00535. The van der Waals surface area contributed by atoms with Crippen LogP contribution in [0, 0.1) is 5.92 Å². The maximum Gasteiger partial charge on any atom is 0.258 e. The van der Waals surface area contributed by atoms with E-state index in [-0.39, 0.29) is 17.6 Å². The second-order valence-corrected chi connectivity index (χ2v) is 7.11. The average Bonchev–Trinajstić information content (AvgIpc) is 2.95. The molecule has 114 valence electrons. The second-order valence-electron chi connectivity index (χ2n) is 5.46. The van der Waals surface area contributed by atoms with E-state index in [0.29, 0.717) is 11.5 Å². The number of aromatic nitrogens is 2. The standard InChI is InChI=1S/C13H24N4O2S/c1-2-12(10-6-4-3-5-7-10)17-20(18,19)13-11(8-14)9-15-16-13/h9-10,12,17H,2-8,14H2,1H3,(H,15,16). The number of nitrogens with one attached hydrogen (secondary N) is 2. The smallest absolute Gasteiger partial charge is 0.258 e. The molecule has 20 heavy (non-hydrogen) atoms. The van der Waals surface area contributed by atoms with Crippen molar-refractivity contribution in [1.82, 2.24) is 14.9 Å². The Morgan fingerprint density at radius 2 is 2.15 bits per heavy atom. The number of rotatable bonds is 6. The van der Waals surface area contributed by atoms with Gasteiger partial charge in [0.25, 0.3) is 10.0 Å². The Labute approximate surface area is 120 Å². The number of hydrogen-bond acceptors (Lipinski definition) is 4. The van der Waals surface area contributed by atoms with Crippen LogP contribution in [0.4, 0.5) is 0 Å². The second kappa shape index (κ2) is 6.69. The first-order chi connectivity index (χ1) is 9.58. The molecule has 4 N–H and O–H groups in total. The first-order valence-corrected chi connectivity index (χ1v) is 8.81. The van der Waals surface area contributed by atoms with Gasteiger partial charge in [0.05, 0.1) is 6.20 Å². The Morgan fingerprint density at radius 1 is 1.45 bits per heavy atom. The maximum absolute atomic E-state index is 12.4. The molecule has 0 spiro atoms. The summed E-state index contributed by atoms with van der Waals surface area (Å²) in [7, 11) is -3.57. The first kappa shape index (κ1) is 15.5. The van der Waals surface area contributed by atoms with Crippen LogP contribution in [0.5, 0.6) is 0 Å². The highest BCUT2D eigenvalue weighted by Gasteiger charge is 2.29. The number of sulfonamides is 1. The largest absolute Gasteiger partial charge is 0.326 e. The average molecular weight is 300 g/mol. The predicted octanol–water partition coefficient (Wildman–Crippen LogP) is 1.51. The molecule has 0 aliphatic heterocycles. The van der Waals surface area contributed by atoms with Gasteiger partial charge in [-0.3, -0.25) is 5.10 Å². The summed E-state index contributed by atoms with van der Waals surface area (Å²) in [5.41, 5.74) is 6.07. The van der Waals surface area contributed by atoms with Gasteiger partial charge in [-0.1, -0.05) is 26.2 Å². The maximum atomic E-state index is 12.4. The zero-order chi connectivity index (χ0) is 14.6. The Balaban J connectivity index is 2.13. The van der Waals surface area contributed by atoms with Crippen LogP contribution in [-0.4, -0.2) is 24.7 Å². The van der Waals surface area contributed by atoms with Crippen LogP contribution in [-0.2, 0) is 16.6 Å². The van der Waals surface area contributed by atoms with Gasteiger partial charge in [-0.25, -0.2) is 13.1 Å². The Hall–Kier alpha value is -0.920. The highest BCUT2D eigenvalue weighted by atomic mass is 32.2. The first-order valence-electron chi connectivity index (χ1n) is 7.33. The summed E-state index contributed by atoms with van der Waals surface area (Å²) < 4.78 is 27.7. The molecule has 0 aromatic carbocycles. The summed E-state index contributed by atoms with van der Waals surface area (Å²) >= 11 is 0. The molecule has 1 aromatic heterocycles. The third kappa shape index (κ3) is 3.39. The van der Waals surface area contributed by atoms with E-state index < -0.39 is 10.0 Å². The van der Waals surface area contributed by atoms with Crippen molar-refractivity contribution in [3.05, 3.63) is 11.8 Å². The molecule has 7 heteroatoms. The number of H-pyrrole nitrogens is 1. The quantitative estimate of drug-likeness (QED) is 0.741. The van der Waals surface area contributed by atoms with E-state index in [9.17, 15) is 8.42 Å². The van der Waals surface area contributed by atoms with Crippen molar-refractivity contribution >= 4 is 10.0 Å². The molecule has 0 radical (unpaired) electrons. The van der Waals surface area contributed by atoms with Crippen molar-refractivity contribution in [1.29, 1.82) is 0 Å². The molecule has 1 atom stereocenters. The Bertz CT molecular complexity index is 520. The summed E-state index contributed by atoms with van der Waals surface area (Å²) in [5.74, 6) is 0.438. The van der Waals surface area contributed by atoms with Gasteiger partial charge in [-0.2, -0.15) is 5.10 Å². The topological polar surface area (TPSA) is 101 Å². The molecule has 0 amide bonds. The van der Waals surface area contributed by atoms with Crippen LogP contribution in [0.1, 0.15) is 51.0 Å². The number of nitrogens with two attached hydrogens (primary N) is 1. The highest BCUT2D eigenvalue weighted by Crippen LogP contribution is 2.28. The lowest BCUT2D eigenvalue weighted by Crippen LogP contribution is -2.41. The van der Waals surface area contributed by atoms with Crippen LogP contribution in [0.15, 0.2) is 11.2 Å². The van der Waals surface area contributed by atoms with E-state index in [1.807, 2.05) is 6.92 Å². The molecule has 2 rings (SSSR count). The fraction of sp³-hybridized carbons (Fsp3) is 0.769. The van der Waals surface area contributed by atoms with Crippen LogP contribution in [0.3, 0.4) is 0 Å². The normalized spacial score (nSPS) is 19.1. The van der Waals surface area contributed by atoms with Crippen molar-refractivity contribution < 1.29 is 8.42 Å². The monoisotopic (exact) mass is 300 g/mol. The van der Waals surface area contributed by atoms with Gasteiger partial charge in [-0.15, -0.1) is 0 Å². The van der Waals surface area contributed by atoms with Crippen molar-refractivity contribution in [2.45, 2.75) is 63.1 Å². The molecule has 1 fully saturated rings. The van der Waals surface area contributed by atoms with Crippen LogP contribution in [0.2, 0.25) is 0 Å². The summed E-state index contributed by atoms with van der Waals surface area (Å²) in [6.07, 6.45) is 8.13. The lowest BCUT2D eigenvalue weighted by molar-refractivity contribution is 0.285. The summed E-state index contributed by atoms with van der Waals surface area (Å²) in [6, 6.07) is -0.00535. The molecule has 6 nitrogen and oxygen atoms in total. The van der Waals surface area contributed by atoms with Gasteiger partial charge in [0.2, 0.25) is 0 Å². The van der Waals surface area contributed by atoms with Crippen molar-refractivity contribution in [2.24, 2.45) is 11.7 Å². The van der Waals surface area contributed by atoms with Gasteiger partial charge in [0.1, 0.15) is 0 Å². The van der Waals surface area contributed by atoms with Crippen LogP contribution < -0.4 is 10.5 Å². The SMILES string of the molecule is CCC(NS(=O)(=O)c1[nH]ncc1CN)C1CCCCC1. The molecule has 1 heterocycles. The van der Waals surface area contributed by atoms with Crippen molar-refractivity contribution in [3.8, 4) is 0 Å². The molecule has 1 aliphatic rings. The number of aromatic amines is 1. The van der Waals surface area contributed by atoms with E-state index in [2.05, 4.69) is 14.9 Å². The van der Waals surface area contributed by atoms with Crippen LogP contribution >= 0.6 is 0 Å². The van der Waals surface area contributed by atoms with Gasteiger partial charge in [0, 0.05) is 18.2 Å². The third-order valence-electron chi connectivity index (χ3n) is 4.13. The lowest BCUT2D eigenvalue weighted by atomic mass is 9.83.